The lowest BCUT2D eigenvalue weighted by molar-refractivity contribution is 0.180. The summed E-state index contributed by atoms with van der Waals surface area (Å²) < 4.78 is 7.10. The average Bonchev–Trinajstić information content (AvgIpc) is 2.45. The number of halogens is 1. The summed E-state index contributed by atoms with van der Waals surface area (Å²) in [5.41, 5.74) is 8.46. The Kier molecular flexibility index (Phi) is 5.21. The Morgan fingerprint density at radius 3 is 2.40 bits per heavy atom. The number of rotatable bonds is 5. The molecule has 0 saturated carbocycles. The van der Waals surface area contributed by atoms with Crippen molar-refractivity contribution in [3.05, 3.63) is 64.1 Å². The first-order valence-corrected chi connectivity index (χ1v) is 7.66. The molecular weight excluding hydrogens is 314 g/mol. The van der Waals surface area contributed by atoms with E-state index in [9.17, 15) is 0 Å². The van der Waals surface area contributed by atoms with E-state index in [1.165, 1.54) is 5.56 Å². The van der Waals surface area contributed by atoms with Crippen LogP contribution in [-0.4, -0.2) is 6.04 Å². The van der Waals surface area contributed by atoms with Crippen molar-refractivity contribution in [2.45, 2.75) is 32.4 Å². The highest BCUT2D eigenvalue weighted by Crippen LogP contribution is 2.26. The maximum absolute atomic E-state index is 6.08. The summed E-state index contributed by atoms with van der Waals surface area (Å²) in [4.78, 5) is 0. The molecule has 20 heavy (non-hydrogen) atoms. The van der Waals surface area contributed by atoms with E-state index in [0.29, 0.717) is 0 Å². The monoisotopic (exact) mass is 333 g/mol. The Bertz CT molecular complexity index is 551. The third-order valence-electron chi connectivity index (χ3n) is 3.25. The first kappa shape index (κ1) is 15.1. The van der Waals surface area contributed by atoms with Crippen molar-refractivity contribution >= 4 is 15.9 Å². The van der Waals surface area contributed by atoms with Gasteiger partial charge in [-0.15, -0.1) is 0 Å². The zero-order chi connectivity index (χ0) is 14.5. The van der Waals surface area contributed by atoms with E-state index in [4.69, 9.17) is 10.5 Å². The van der Waals surface area contributed by atoms with Crippen LogP contribution in [0, 0.1) is 0 Å². The summed E-state index contributed by atoms with van der Waals surface area (Å²) in [6.07, 6.45) is 0.878. The second-order valence-corrected chi connectivity index (χ2v) is 5.87. The largest absolute Gasteiger partial charge is 0.484 e. The lowest BCUT2D eigenvalue weighted by atomic mass is 10.0. The van der Waals surface area contributed by atoms with Crippen LogP contribution in [0.25, 0.3) is 0 Å². The van der Waals surface area contributed by atoms with Crippen LogP contribution < -0.4 is 10.5 Å². The molecule has 2 N–H and O–H groups in total. The lowest BCUT2D eigenvalue weighted by Crippen LogP contribution is -2.29. The summed E-state index contributed by atoms with van der Waals surface area (Å²) in [6, 6.07) is 16.2. The molecule has 0 amide bonds. The van der Waals surface area contributed by atoms with Gasteiger partial charge in [-0.2, -0.15) is 0 Å². The van der Waals surface area contributed by atoms with Gasteiger partial charge in [-0.05, 0) is 48.7 Å². The summed E-state index contributed by atoms with van der Waals surface area (Å²) in [7, 11) is 0. The van der Waals surface area contributed by atoms with Crippen molar-refractivity contribution in [1.29, 1.82) is 0 Å². The third-order valence-corrected chi connectivity index (χ3v) is 3.74. The van der Waals surface area contributed by atoms with Crippen molar-refractivity contribution in [1.82, 2.24) is 0 Å². The van der Waals surface area contributed by atoms with Gasteiger partial charge < -0.3 is 10.5 Å². The van der Waals surface area contributed by atoms with Gasteiger partial charge in [-0.1, -0.05) is 47.1 Å². The van der Waals surface area contributed by atoms with Crippen LogP contribution in [-0.2, 0) is 6.42 Å². The molecule has 2 atom stereocenters. The van der Waals surface area contributed by atoms with Crippen molar-refractivity contribution in [3.63, 3.8) is 0 Å². The number of hydrogen-bond acceptors (Lipinski definition) is 2. The SMILES string of the molecule is CCc1ccc(OC(c2cccc(Br)c2)C(C)N)cc1. The normalized spacial score (nSPS) is 13.8. The maximum atomic E-state index is 6.08. The highest BCUT2D eigenvalue weighted by Gasteiger charge is 2.18. The smallest absolute Gasteiger partial charge is 0.138 e. The highest BCUT2D eigenvalue weighted by molar-refractivity contribution is 9.10. The van der Waals surface area contributed by atoms with Gasteiger partial charge in [0, 0.05) is 10.5 Å². The van der Waals surface area contributed by atoms with Gasteiger partial charge in [0.15, 0.2) is 0 Å². The standard InChI is InChI=1S/C17H20BrNO/c1-3-13-7-9-16(10-8-13)20-17(12(2)19)14-5-4-6-15(18)11-14/h4-12,17H,3,19H2,1-2H3. The molecule has 0 aliphatic heterocycles. The van der Waals surface area contributed by atoms with Gasteiger partial charge in [0.1, 0.15) is 11.9 Å². The molecule has 0 heterocycles. The zero-order valence-electron chi connectivity index (χ0n) is 11.8. The van der Waals surface area contributed by atoms with Crippen molar-refractivity contribution in [2.75, 3.05) is 0 Å². The molecule has 3 heteroatoms. The van der Waals surface area contributed by atoms with Gasteiger partial charge in [0.2, 0.25) is 0 Å². The first-order valence-electron chi connectivity index (χ1n) is 6.86. The van der Waals surface area contributed by atoms with Crippen LogP contribution in [0.1, 0.15) is 31.1 Å². The Labute approximate surface area is 129 Å². The van der Waals surface area contributed by atoms with E-state index in [2.05, 4.69) is 41.1 Å². The minimum Gasteiger partial charge on any atom is -0.484 e. The summed E-state index contributed by atoms with van der Waals surface area (Å²) in [5.74, 6) is 0.851. The maximum Gasteiger partial charge on any atom is 0.138 e. The molecule has 2 aromatic rings. The molecule has 0 saturated heterocycles. The second-order valence-electron chi connectivity index (χ2n) is 4.95. The lowest BCUT2D eigenvalue weighted by Gasteiger charge is -2.23. The fraction of sp³-hybridized carbons (Fsp3) is 0.294. The Balaban J connectivity index is 2.21. The van der Waals surface area contributed by atoms with Gasteiger partial charge in [0.05, 0.1) is 0 Å². The van der Waals surface area contributed by atoms with E-state index >= 15 is 0 Å². The van der Waals surface area contributed by atoms with Crippen LogP contribution in [0.2, 0.25) is 0 Å². The van der Waals surface area contributed by atoms with Crippen LogP contribution in [0.5, 0.6) is 5.75 Å². The number of benzene rings is 2. The van der Waals surface area contributed by atoms with Gasteiger partial charge in [-0.3, -0.25) is 0 Å². The summed E-state index contributed by atoms with van der Waals surface area (Å²) in [5, 5.41) is 0. The molecule has 0 aromatic heterocycles. The van der Waals surface area contributed by atoms with Crippen molar-refractivity contribution in [2.24, 2.45) is 5.73 Å². The van der Waals surface area contributed by atoms with E-state index < -0.39 is 0 Å². The Morgan fingerprint density at radius 1 is 1.15 bits per heavy atom. The molecule has 0 radical (unpaired) electrons. The Morgan fingerprint density at radius 2 is 1.85 bits per heavy atom. The quantitative estimate of drug-likeness (QED) is 0.875. The number of ether oxygens (including phenoxy) is 1. The third kappa shape index (κ3) is 3.84. The van der Waals surface area contributed by atoms with Crippen molar-refractivity contribution in [3.8, 4) is 5.75 Å². The average molecular weight is 334 g/mol. The molecule has 2 rings (SSSR count). The predicted octanol–water partition coefficient (Wildman–Crippen LogP) is 4.48. The second kappa shape index (κ2) is 6.91. The molecule has 2 nitrogen and oxygen atoms in total. The molecule has 0 aliphatic carbocycles. The summed E-state index contributed by atoms with van der Waals surface area (Å²) in [6.45, 7) is 4.11. The summed E-state index contributed by atoms with van der Waals surface area (Å²) >= 11 is 3.49. The molecule has 106 valence electrons. The topological polar surface area (TPSA) is 35.2 Å². The predicted molar refractivity (Wildman–Crippen MR) is 87.0 cm³/mol. The van der Waals surface area contributed by atoms with E-state index in [0.717, 1.165) is 22.2 Å². The molecule has 0 aliphatic rings. The van der Waals surface area contributed by atoms with E-state index in [-0.39, 0.29) is 12.1 Å². The molecule has 2 unspecified atom stereocenters. The van der Waals surface area contributed by atoms with Gasteiger partial charge in [0.25, 0.3) is 0 Å². The molecule has 2 aromatic carbocycles. The number of aryl methyl sites for hydroxylation is 1. The number of hydrogen-bond donors (Lipinski definition) is 1. The molecule has 0 fully saturated rings. The van der Waals surface area contributed by atoms with Gasteiger partial charge >= 0.3 is 0 Å². The van der Waals surface area contributed by atoms with E-state index in [1.807, 2.05) is 37.3 Å². The first-order chi connectivity index (χ1) is 9.60. The van der Waals surface area contributed by atoms with Crippen LogP contribution in [0.3, 0.4) is 0 Å². The van der Waals surface area contributed by atoms with Crippen molar-refractivity contribution < 1.29 is 4.74 Å². The van der Waals surface area contributed by atoms with Crippen LogP contribution in [0.4, 0.5) is 0 Å². The highest BCUT2D eigenvalue weighted by atomic mass is 79.9. The zero-order valence-corrected chi connectivity index (χ0v) is 13.4. The molecule has 0 bridgehead atoms. The van der Waals surface area contributed by atoms with E-state index in [1.54, 1.807) is 0 Å². The fourth-order valence-electron chi connectivity index (χ4n) is 2.11. The van der Waals surface area contributed by atoms with Crippen LogP contribution >= 0.6 is 15.9 Å². The fourth-order valence-corrected chi connectivity index (χ4v) is 2.53. The molecule has 0 spiro atoms. The Hall–Kier alpha value is -1.32. The minimum atomic E-state index is -0.153. The minimum absolute atomic E-state index is 0.0878. The molecular formula is C17H20BrNO. The van der Waals surface area contributed by atoms with Crippen LogP contribution in [0.15, 0.2) is 53.0 Å². The van der Waals surface area contributed by atoms with Gasteiger partial charge in [-0.25, -0.2) is 0 Å². The number of nitrogens with two attached hydrogens (primary N) is 1.